The van der Waals surface area contributed by atoms with Crippen LogP contribution in [-0.4, -0.2) is 9.78 Å². The number of hydrogen-bond acceptors (Lipinski definition) is 4. The van der Waals surface area contributed by atoms with Crippen molar-refractivity contribution in [3.8, 4) is 0 Å². The van der Waals surface area contributed by atoms with Gasteiger partial charge in [-0.2, -0.15) is 5.10 Å². The van der Waals surface area contributed by atoms with E-state index in [4.69, 9.17) is 17.3 Å². The first-order valence-corrected chi connectivity index (χ1v) is 7.43. The molecule has 0 atom stereocenters. The van der Waals surface area contributed by atoms with Crippen LogP contribution in [0.3, 0.4) is 0 Å². The lowest BCUT2D eigenvalue weighted by molar-refractivity contribution is -0.671. The summed E-state index contributed by atoms with van der Waals surface area (Å²) >= 11 is 6.05. The first kappa shape index (κ1) is 15.2. The zero-order valence-corrected chi connectivity index (χ0v) is 13.4. The summed E-state index contributed by atoms with van der Waals surface area (Å²) in [7, 11) is 1.97. The molecule has 2 aromatic heterocycles. The second-order valence-corrected chi connectivity index (χ2v) is 5.51. The van der Waals surface area contributed by atoms with Gasteiger partial charge in [-0.3, -0.25) is 0 Å². The van der Waals surface area contributed by atoms with E-state index < -0.39 is 0 Å². The number of aryl methyl sites for hydroxylation is 1. The summed E-state index contributed by atoms with van der Waals surface area (Å²) in [5, 5.41) is 13.1. The number of aromatic nitrogens is 3. The summed E-state index contributed by atoms with van der Waals surface area (Å²) < 4.78 is 3.67. The summed E-state index contributed by atoms with van der Waals surface area (Å²) in [4.78, 5) is 0. The highest BCUT2D eigenvalue weighted by atomic mass is 35.5. The van der Waals surface area contributed by atoms with Crippen LogP contribution in [0.25, 0.3) is 0 Å². The molecule has 0 radical (unpaired) electrons. The summed E-state index contributed by atoms with van der Waals surface area (Å²) in [6.07, 6.45) is 5.59. The number of azo groups is 1. The van der Waals surface area contributed by atoms with Crippen molar-refractivity contribution in [2.45, 2.75) is 6.54 Å². The number of nitrogens with zero attached hydrogens (tertiary/aromatic N) is 5. The van der Waals surface area contributed by atoms with E-state index in [1.807, 2.05) is 48.3 Å². The Hall–Kier alpha value is -2.73. The van der Waals surface area contributed by atoms with Crippen LogP contribution in [0.4, 0.5) is 17.2 Å². The van der Waals surface area contributed by atoms with E-state index >= 15 is 0 Å². The average molecular weight is 328 g/mol. The molecule has 6 nitrogen and oxygen atoms in total. The second-order valence-electron chi connectivity index (χ2n) is 5.10. The monoisotopic (exact) mass is 327 g/mol. The molecular weight excluding hydrogens is 312 g/mol. The van der Waals surface area contributed by atoms with Crippen LogP contribution in [0.2, 0.25) is 5.02 Å². The molecule has 0 aliphatic carbocycles. The topological polar surface area (TPSA) is 72.4 Å². The van der Waals surface area contributed by atoms with Crippen LogP contribution in [0.5, 0.6) is 0 Å². The summed E-state index contributed by atoms with van der Waals surface area (Å²) in [6.45, 7) is 0.572. The van der Waals surface area contributed by atoms with E-state index in [9.17, 15) is 0 Å². The third-order valence-corrected chi connectivity index (χ3v) is 3.63. The number of pyridine rings is 1. The molecule has 0 spiro atoms. The van der Waals surface area contributed by atoms with Crippen molar-refractivity contribution in [2.24, 2.45) is 17.3 Å². The Bertz CT molecular complexity index is 855. The molecule has 0 fully saturated rings. The van der Waals surface area contributed by atoms with Crippen molar-refractivity contribution in [3.05, 3.63) is 65.6 Å². The molecule has 1 aromatic carbocycles. The minimum atomic E-state index is 0.465. The molecule has 23 heavy (non-hydrogen) atoms. The highest BCUT2D eigenvalue weighted by molar-refractivity contribution is 6.32. The van der Waals surface area contributed by atoms with Gasteiger partial charge >= 0.3 is 0 Å². The van der Waals surface area contributed by atoms with Crippen molar-refractivity contribution in [1.82, 2.24) is 9.78 Å². The van der Waals surface area contributed by atoms with Gasteiger partial charge in [0.15, 0.2) is 12.4 Å². The standard InChI is InChI=1S/C16H16ClN6/c1-22-8-4-5-12(10-22)11-23-16(18)15(9-19-23)21-20-14-7-3-2-6-13(14)17/h2-10H,11,18H2,1H3/q+1. The lowest BCUT2D eigenvalue weighted by Crippen LogP contribution is -2.27. The van der Waals surface area contributed by atoms with Crippen LogP contribution >= 0.6 is 11.6 Å². The SMILES string of the molecule is C[n+]1cccc(Cn2ncc(N=Nc3ccccc3Cl)c2N)c1. The molecule has 2 heterocycles. The molecule has 3 aromatic rings. The molecule has 0 unspecified atom stereocenters. The lowest BCUT2D eigenvalue weighted by atomic mass is 10.3. The normalized spacial score (nSPS) is 11.2. The van der Waals surface area contributed by atoms with Gasteiger partial charge in [-0.25, -0.2) is 9.25 Å². The molecule has 0 bridgehead atoms. The largest absolute Gasteiger partial charge is 0.382 e. The quantitative estimate of drug-likeness (QED) is 0.589. The van der Waals surface area contributed by atoms with Gasteiger partial charge in [-0.15, -0.1) is 10.2 Å². The number of hydrogen-bond donors (Lipinski definition) is 1. The van der Waals surface area contributed by atoms with Crippen molar-refractivity contribution >= 4 is 28.8 Å². The van der Waals surface area contributed by atoms with Gasteiger partial charge in [0.2, 0.25) is 0 Å². The van der Waals surface area contributed by atoms with Gasteiger partial charge in [-0.05, 0) is 18.2 Å². The molecule has 0 aliphatic rings. The van der Waals surface area contributed by atoms with Crippen LogP contribution in [0.1, 0.15) is 5.56 Å². The zero-order valence-electron chi connectivity index (χ0n) is 12.6. The Kier molecular flexibility index (Phi) is 4.34. The lowest BCUT2D eigenvalue weighted by Gasteiger charge is -2.03. The number of anilines is 1. The number of nitrogen functional groups attached to an aromatic ring is 1. The van der Waals surface area contributed by atoms with Gasteiger partial charge < -0.3 is 5.73 Å². The molecule has 7 heteroatoms. The first-order chi connectivity index (χ1) is 11.1. The van der Waals surface area contributed by atoms with Crippen LogP contribution in [0, 0.1) is 0 Å². The maximum Gasteiger partial charge on any atom is 0.173 e. The van der Waals surface area contributed by atoms with Gasteiger partial charge in [0, 0.05) is 11.6 Å². The minimum Gasteiger partial charge on any atom is -0.382 e. The fourth-order valence-corrected chi connectivity index (χ4v) is 2.32. The van der Waals surface area contributed by atoms with Crippen molar-refractivity contribution in [1.29, 1.82) is 0 Å². The number of rotatable bonds is 4. The van der Waals surface area contributed by atoms with Crippen molar-refractivity contribution in [3.63, 3.8) is 0 Å². The molecule has 0 saturated carbocycles. The molecule has 0 aliphatic heterocycles. The predicted molar refractivity (Wildman–Crippen MR) is 89.0 cm³/mol. The third kappa shape index (κ3) is 3.54. The fourth-order valence-electron chi connectivity index (χ4n) is 2.15. The maximum absolute atomic E-state index is 6.10. The number of benzene rings is 1. The summed E-state index contributed by atoms with van der Waals surface area (Å²) in [5.74, 6) is 0.465. The third-order valence-electron chi connectivity index (χ3n) is 3.31. The molecule has 0 amide bonds. The average Bonchev–Trinajstić information content (AvgIpc) is 2.87. The van der Waals surface area contributed by atoms with Crippen LogP contribution in [-0.2, 0) is 13.6 Å². The summed E-state index contributed by atoms with van der Waals surface area (Å²) in [6, 6.07) is 11.2. The van der Waals surface area contributed by atoms with E-state index in [0.29, 0.717) is 28.8 Å². The van der Waals surface area contributed by atoms with Crippen molar-refractivity contribution in [2.75, 3.05) is 5.73 Å². The van der Waals surface area contributed by atoms with Crippen LogP contribution in [0.15, 0.2) is 65.2 Å². The van der Waals surface area contributed by atoms with E-state index in [1.54, 1.807) is 23.0 Å². The molecular formula is C16H16ClN6+. The molecule has 2 N–H and O–H groups in total. The Morgan fingerprint density at radius 2 is 1.96 bits per heavy atom. The van der Waals surface area contributed by atoms with E-state index in [2.05, 4.69) is 15.3 Å². The fraction of sp³-hybridized carbons (Fsp3) is 0.125. The Labute approximate surface area is 138 Å². The van der Waals surface area contributed by atoms with Crippen molar-refractivity contribution < 1.29 is 4.57 Å². The number of nitrogens with two attached hydrogens (primary N) is 1. The maximum atomic E-state index is 6.10. The first-order valence-electron chi connectivity index (χ1n) is 7.05. The zero-order chi connectivity index (χ0) is 16.2. The van der Waals surface area contributed by atoms with Gasteiger partial charge in [-0.1, -0.05) is 23.7 Å². The minimum absolute atomic E-state index is 0.465. The highest BCUT2D eigenvalue weighted by Gasteiger charge is 2.09. The predicted octanol–water partition coefficient (Wildman–Crippen LogP) is 3.41. The number of halogens is 1. The summed E-state index contributed by atoms with van der Waals surface area (Å²) in [5.41, 5.74) is 8.31. The molecule has 116 valence electrons. The Morgan fingerprint density at radius 3 is 2.74 bits per heavy atom. The van der Waals surface area contributed by atoms with Gasteiger partial charge in [0.1, 0.15) is 24.2 Å². The molecule has 0 saturated heterocycles. The Balaban J connectivity index is 1.81. The molecule has 3 rings (SSSR count). The van der Waals surface area contributed by atoms with Gasteiger partial charge in [0.25, 0.3) is 0 Å². The Morgan fingerprint density at radius 1 is 1.17 bits per heavy atom. The smallest absolute Gasteiger partial charge is 0.173 e. The highest BCUT2D eigenvalue weighted by Crippen LogP contribution is 2.28. The van der Waals surface area contributed by atoms with Gasteiger partial charge in [0.05, 0.1) is 17.8 Å². The van der Waals surface area contributed by atoms with E-state index in [1.165, 1.54) is 0 Å². The van der Waals surface area contributed by atoms with E-state index in [-0.39, 0.29) is 0 Å². The van der Waals surface area contributed by atoms with E-state index in [0.717, 1.165) is 5.56 Å². The van der Waals surface area contributed by atoms with Crippen LogP contribution < -0.4 is 10.3 Å². The second kappa shape index (κ2) is 6.58.